The van der Waals surface area contributed by atoms with Crippen LogP contribution in [0.5, 0.6) is 0 Å². The fourth-order valence-electron chi connectivity index (χ4n) is 2.00. The summed E-state index contributed by atoms with van der Waals surface area (Å²) in [5, 5.41) is 35.5. The zero-order valence-electron chi connectivity index (χ0n) is 11.3. The predicted molar refractivity (Wildman–Crippen MR) is 76.7 cm³/mol. The minimum atomic E-state index is -1.55. The normalized spacial score (nSPS) is 19.1. The van der Waals surface area contributed by atoms with E-state index in [1.54, 1.807) is 0 Å². The molecule has 1 aromatic rings. The Morgan fingerprint density at radius 1 is 1.38 bits per heavy atom. The second-order valence-electron chi connectivity index (χ2n) is 4.55. The molecule has 2 heterocycles. The number of aromatic nitrogens is 2. The number of aliphatic hydroxyl groups excluding tert-OH is 2. The van der Waals surface area contributed by atoms with Gasteiger partial charge in [0.05, 0.1) is 29.6 Å². The van der Waals surface area contributed by atoms with Crippen molar-refractivity contribution in [1.29, 1.82) is 10.8 Å². The van der Waals surface area contributed by atoms with Crippen molar-refractivity contribution < 1.29 is 14.9 Å². The molecule has 21 heavy (non-hydrogen) atoms. The number of nitrogens with one attached hydrogen (secondary N) is 2. The summed E-state index contributed by atoms with van der Waals surface area (Å²) in [4.78, 5) is 11.9. The van der Waals surface area contributed by atoms with Crippen molar-refractivity contribution in [3.8, 4) is 0 Å². The van der Waals surface area contributed by atoms with Crippen LogP contribution in [0.4, 0.5) is 11.5 Å². The second kappa shape index (κ2) is 6.04. The molecule has 0 bridgehead atoms. The molecular weight excluding hydrogens is 276 g/mol. The zero-order chi connectivity index (χ0) is 15.6. The van der Waals surface area contributed by atoms with E-state index in [1.807, 2.05) is 0 Å². The van der Waals surface area contributed by atoms with Crippen LogP contribution in [0.15, 0.2) is 11.3 Å². The van der Waals surface area contributed by atoms with Crippen LogP contribution in [-0.2, 0) is 4.74 Å². The Labute approximate surface area is 120 Å². The van der Waals surface area contributed by atoms with E-state index in [1.165, 1.54) is 19.7 Å². The third kappa shape index (κ3) is 2.79. The molecule has 9 heteroatoms. The lowest BCUT2D eigenvalue weighted by atomic mass is 9.93. The van der Waals surface area contributed by atoms with Gasteiger partial charge in [0.25, 0.3) is 0 Å². The molecule has 0 saturated carbocycles. The quantitative estimate of drug-likeness (QED) is 0.434. The average Bonchev–Trinajstić information content (AvgIpc) is 2.90. The van der Waals surface area contributed by atoms with Crippen molar-refractivity contribution in [3.05, 3.63) is 12.0 Å². The number of aliphatic hydroxyl groups is 2. The van der Waals surface area contributed by atoms with Gasteiger partial charge < -0.3 is 31.5 Å². The number of nitrogens with zero attached hydrogens (tertiary/aromatic N) is 3. The maximum atomic E-state index is 10.0. The number of fused-ring (bicyclic) bond motifs is 1. The molecule has 1 unspecified atom stereocenters. The summed E-state index contributed by atoms with van der Waals surface area (Å²) in [6, 6.07) is 0. The van der Waals surface area contributed by atoms with E-state index in [0.717, 1.165) is 0 Å². The number of hydrogen-bond donors (Lipinski definition) is 5. The van der Waals surface area contributed by atoms with Crippen molar-refractivity contribution in [2.24, 2.45) is 4.99 Å². The number of hydrogen-bond acceptors (Lipinski definition) is 9. The van der Waals surface area contributed by atoms with Crippen LogP contribution in [0, 0.1) is 10.8 Å². The number of anilines is 1. The average molecular weight is 292 g/mol. The summed E-state index contributed by atoms with van der Waals surface area (Å²) in [5.74, 6) is -0.515. The van der Waals surface area contributed by atoms with Gasteiger partial charge in [0.1, 0.15) is 24.2 Å². The number of methoxy groups -OCH3 is 1. The van der Waals surface area contributed by atoms with Gasteiger partial charge in [-0.15, -0.1) is 0 Å². The molecule has 2 rings (SSSR count). The highest BCUT2D eigenvalue weighted by Crippen LogP contribution is 2.34. The van der Waals surface area contributed by atoms with E-state index < -0.39 is 18.1 Å². The topological polar surface area (TPSA) is 162 Å². The first-order chi connectivity index (χ1) is 9.97. The van der Waals surface area contributed by atoms with Crippen molar-refractivity contribution in [3.63, 3.8) is 0 Å². The van der Waals surface area contributed by atoms with Crippen molar-refractivity contribution in [1.82, 2.24) is 9.97 Å². The number of rotatable bonds is 6. The summed E-state index contributed by atoms with van der Waals surface area (Å²) in [6.45, 7) is -0.129. The Morgan fingerprint density at radius 3 is 2.76 bits per heavy atom. The minimum Gasteiger partial charge on any atom is -0.384 e. The predicted octanol–water partition coefficient (Wildman–Crippen LogP) is -0.734. The Balaban J connectivity index is 2.18. The van der Waals surface area contributed by atoms with Crippen molar-refractivity contribution in [2.75, 3.05) is 19.5 Å². The van der Waals surface area contributed by atoms with Gasteiger partial charge in [-0.25, -0.2) is 9.97 Å². The van der Waals surface area contributed by atoms with Gasteiger partial charge >= 0.3 is 0 Å². The number of nitrogen functional groups attached to an aromatic ring is 1. The van der Waals surface area contributed by atoms with E-state index in [9.17, 15) is 10.2 Å². The lowest BCUT2D eigenvalue weighted by molar-refractivity contribution is 0.0968. The molecule has 6 N–H and O–H groups in total. The first-order valence-corrected chi connectivity index (χ1v) is 6.12. The van der Waals surface area contributed by atoms with Gasteiger partial charge in [-0.05, 0) is 0 Å². The molecule has 0 amide bonds. The summed E-state index contributed by atoms with van der Waals surface area (Å²) in [5.41, 5.74) is 5.99. The summed E-state index contributed by atoms with van der Waals surface area (Å²) in [7, 11) is 1.37. The van der Waals surface area contributed by atoms with Gasteiger partial charge in [-0.1, -0.05) is 0 Å². The first-order valence-electron chi connectivity index (χ1n) is 6.12. The van der Waals surface area contributed by atoms with Gasteiger partial charge in [0, 0.05) is 13.3 Å². The van der Waals surface area contributed by atoms with Crippen molar-refractivity contribution >= 4 is 29.1 Å². The molecule has 1 aliphatic rings. The molecule has 0 radical (unpaired) electrons. The standard InChI is InChI=1S/C12H16N6O3/c1-21-3-6(13)10(19)11(20)7(14)5-2-16-9-8(5)17-4-18-12(9)15/h2,4-5,10-11,13-14,19-20H,3H2,1H3,(H2,15,17,18)/t5?,10-,11+/m0/s1. The van der Waals surface area contributed by atoms with Crippen LogP contribution in [-0.4, -0.2) is 63.7 Å². The molecule has 0 aliphatic carbocycles. The van der Waals surface area contributed by atoms with Gasteiger partial charge in [-0.2, -0.15) is 0 Å². The largest absolute Gasteiger partial charge is 0.384 e. The lowest BCUT2D eigenvalue weighted by Crippen LogP contribution is -2.42. The summed E-state index contributed by atoms with van der Waals surface area (Å²) < 4.78 is 4.72. The molecule has 0 spiro atoms. The molecular formula is C12H16N6O3. The molecule has 0 fully saturated rings. The van der Waals surface area contributed by atoms with Gasteiger partial charge in [0.15, 0.2) is 5.82 Å². The van der Waals surface area contributed by atoms with E-state index in [2.05, 4.69) is 15.0 Å². The van der Waals surface area contributed by atoms with E-state index in [-0.39, 0.29) is 23.8 Å². The molecule has 3 atom stereocenters. The minimum absolute atomic E-state index is 0.129. The molecule has 0 aromatic carbocycles. The number of nitrogens with two attached hydrogens (primary N) is 1. The maximum absolute atomic E-state index is 10.0. The highest BCUT2D eigenvalue weighted by molar-refractivity contribution is 6.10. The highest BCUT2D eigenvalue weighted by Gasteiger charge is 2.34. The smallest absolute Gasteiger partial charge is 0.153 e. The molecule has 0 saturated heterocycles. The van der Waals surface area contributed by atoms with Crippen LogP contribution in [0.2, 0.25) is 0 Å². The van der Waals surface area contributed by atoms with Crippen molar-refractivity contribution in [2.45, 2.75) is 18.1 Å². The van der Waals surface area contributed by atoms with E-state index in [0.29, 0.717) is 11.4 Å². The second-order valence-corrected chi connectivity index (χ2v) is 4.55. The molecule has 1 aliphatic heterocycles. The van der Waals surface area contributed by atoms with Crippen LogP contribution >= 0.6 is 0 Å². The summed E-state index contributed by atoms with van der Waals surface area (Å²) >= 11 is 0. The zero-order valence-corrected chi connectivity index (χ0v) is 11.3. The van der Waals surface area contributed by atoms with Crippen LogP contribution in [0.1, 0.15) is 11.6 Å². The highest BCUT2D eigenvalue weighted by atomic mass is 16.5. The van der Waals surface area contributed by atoms with E-state index >= 15 is 0 Å². The third-order valence-corrected chi connectivity index (χ3v) is 3.14. The Morgan fingerprint density at radius 2 is 2.10 bits per heavy atom. The first kappa shape index (κ1) is 15.2. The third-order valence-electron chi connectivity index (χ3n) is 3.14. The number of aliphatic imine (C=N–C) groups is 1. The Bertz CT molecular complexity index is 603. The summed E-state index contributed by atoms with van der Waals surface area (Å²) in [6.07, 6.45) is -0.410. The fraction of sp³-hybridized carbons (Fsp3) is 0.417. The van der Waals surface area contributed by atoms with Gasteiger partial charge in [0.2, 0.25) is 0 Å². The van der Waals surface area contributed by atoms with E-state index in [4.69, 9.17) is 21.3 Å². The van der Waals surface area contributed by atoms with Crippen LogP contribution < -0.4 is 5.73 Å². The van der Waals surface area contributed by atoms with Crippen LogP contribution in [0.25, 0.3) is 0 Å². The fourth-order valence-corrected chi connectivity index (χ4v) is 2.00. The van der Waals surface area contributed by atoms with Crippen LogP contribution in [0.3, 0.4) is 0 Å². The monoisotopic (exact) mass is 292 g/mol. The Hall–Kier alpha value is -2.23. The SMILES string of the molecule is COCC(=N)[C@H](O)[C@H](O)C(=N)C1C=Nc2c(N)ncnc21. The number of ether oxygens (including phenoxy) is 1. The molecule has 112 valence electrons. The molecule has 9 nitrogen and oxygen atoms in total. The lowest BCUT2D eigenvalue weighted by Gasteiger charge is -2.21. The molecule has 1 aromatic heterocycles. The van der Waals surface area contributed by atoms with Gasteiger partial charge in [-0.3, -0.25) is 4.99 Å². The Kier molecular flexibility index (Phi) is 4.36. The maximum Gasteiger partial charge on any atom is 0.153 e.